The highest BCUT2D eigenvalue weighted by Crippen LogP contribution is 2.47. The molecule has 0 aliphatic heterocycles. The topological polar surface area (TPSA) is 8.17 Å². The molecule has 1 aromatic heterocycles. The fourth-order valence-corrected chi connectivity index (χ4v) is 8.95. The van der Waals surface area contributed by atoms with E-state index in [2.05, 4.69) is 252 Å². The van der Waals surface area contributed by atoms with Gasteiger partial charge in [-0.05, 0) is 75.2 Å². The number of para-hydroxylation sites is 1. The third-order valence-corrected chi connectivity index (χ3v) is 11.8. The lowest BCUT2D eigenvalue weighted by molar-refractivity contribution is 1.18. The smallest absolute Gasteiger partial charge is 0.0562 e. The maximum Gasteiger partial charge on any atom is 0.0562 e. The molecule has 0 radical (unpaired) electrons. The van der Waals surface area contributed by atoms with Gasteiger partial charge in [-0.3, -0.25) is 0 Å². The van der Waals surface area contributed by atoms with E-state index in [9.17, 15) is 0 Å². The van der Waals surface area contributed by atoms with Gasteiger partial charge in [0.2, 0.25) is 0 Å². The first kappa shape index (κ1) is 35.2. The van der Waals surface area contributed by atoms with Gasteiger partial charge in [0.25, 0.3) is 0 Å². The van der Waals surface area contributed by atoms with Gasteiger partial charge < -0.3 is 9.47 Å². The van der Waals surface area contributed by atoms with Crippen molar-refractivity contribution in [1.29, 1.82) is 0 Å². The van der Waals surface area contributed by atoms with E-state index in [1.807, 2.05) is 0 Å². The van der Waals surface area contributed by atoms with Crippen LogP contribution in [0.15, 0.2) is 243 Å². The molecule has 0 spiro atoms. The fraction of sp³-hybridized carbons (Fsp3) is 0. The van der Waals surface area contributed by atoms with Gasteiger partial charge >= 0.3 is 0 Å². The van der Waals surface area contributed by atoms with Crippen molar-refractivity contribution in [2.45, 2.75) is 0 Å². The van der Waals surface area contributed by atoms with Crippen LogP contribution in [-0.2, 0) is 0 Å². The Morgan fingerprint density at radius 2 is 0.800 bits per heavy atom. The Hall–Kier alpha value is -7.94. The molecule has 0 unspecified atom stereocenters. The van der Waals surface area contributed by atoms with E-state index in [1.165, 1.54) is 54.9 Å². The van der Waals surface area contributed by atoms with E-state index >= 15 is 0 Å². The SMILES string of the molecule is c1ccc(-c2ccc(-c3ccccc3)c(N(c3ccc4c5ccccc5n(-c5cc(-c6ccccc6)ccc5-c5ccccc5)c4c3)c3cccc4ccccc34)c2)cc1. The van der Waals surface area contributed by atoms with E-state index in [-0.39, 0.29) is 0 Å². The lowest BCUT2D eigenvalue weighted by Gasteiger charge is -2.30. The van der Waals surface area contributed by atoms with Crippen molar-refractivity contribution in [1.82, 2.24) is 4.57 Å². The van der Waals surface area contributed by atoms with Gasteiger partial charge in [0.05, 0.1) is 28.1 Å². The lowest BCUT2D eigenvalue weighted by Crippen LogP contribution is -2.12. The Morgan fingerprint density at radius 3 is 1.48 bits per heavy atom. The third kappa shape index (κ3) is 6.23. The number of benzene rings is 10. The van der Waals surface area contributed by atoms with Crippen LogP contribution in [0.4, 0.5) is 17.1 Å². The van der Waals surface area contributed by atoms with Gasteiger partial charge in [0.1, 0.15) is 0 Å². The van der Waals surface area contributed by atoms with Crippen LogP contribution in [0.1, 0.15) is 0 Å². The molecule has 2 heteroatoms. The number of nitrogens with zero attached hydrogens (tertiary/aromatic N) is 2. The van der Waals surface area contributed by atoms with E-state index in [4.69, 9.17) is 0 Å². The molecule has 0 saturated carbocycles. The van der Waals surface area contributed by atoms with Gasteiger partial charge in [0.15, 0.2) is 0 Å². The highest BCUT2D eigenvalue weighted by atomic mass is 15.1. The minimum atomic E-state index is 1.07. The molecule has 0 amide bonds. The van der Waals surface area contributed by atoms with Crippen molar-refractivity contribution in [3.8, 4) is 50.2 Å². The monoisotopic (exact) mass is 764 g/mol. The second kappa shape index (κ2) is 15.1. The lowest BCUT2D eigenvalue weighted by atomic mass is 9.96. The average Bonchev–Trinajstić information content (AvgIpc) is 3.66. The van der Waals surface area contributed by atoms with Crippen LogP contribution in [0.2, 0.25) is 0 Å². The molecule has 60 heavy (non-hydrogen) atoms. The molecule has 11 aromatic rings. The number of anilines is 3. The molecular formula is C58H40N2. The highest BCUT2D eigenvalue weighted by Gasteiger charge is 2.23. The number of aromatic nitrogens is 1. The van der Waals surface area contributed by atoms with Gasteiger partial charge in [-0.15, -0.1) is 0 Å². The summed E-state index contributed by atoms with van der Waals surface area (Å²) >= 11 is 0. The predicted molar refractivity (Wildman–Crippen MR) is 255 cm³/mol. The van der Waals surface area contributed by atoms with Crippen molar-refractivity contribution < 1.29 is 0 Å². The molecule has 11 rings (SSSR count). The third-order valence-electron chi connectivity index (χ3n) is 11.8. The highest BCUT2D eigenvalue weighted by molar-refractivity contribution is 6.12. The van der Waals surface area contributed by atoms with Crippen LogP contribution >= 0.6 is 0 Å². The Morgan fingerprint density at radius 1 is 0.283 bits per heavy atom. The Bertz CT molecular complexity index is 3290. The van der Waals surface area contributed by atoms with Gasteiger partial charge in [0, 0.05) is 33.0 Å². The second-order valence-electron chi connectivity index (χ2n) is 15.3. The molecule has 0 atom stereocenters. The summed E-state index contributed by atoms with van der Waals surface area (Å²) in [6.07, 6.45) is 0. The summed E-state index contributed by atoms with van der Waals surface area (Å²) in [6, 6.07) is 88.1. The minimum Gasteiger partial charge on any atom is -0.309 e. The average molecular weight is 765 g/mol. The fourth-order valence-electron chi connectivity index (χ4n) is 8.95. The molecule has 2 nitrogen and oxygen atoms in total. The maximum atomic E-state index is 2.49. The number of rotatable bonds is 8. The first-order valence-electron chi connectivity index (χ1n) is 20.6. The van der Waals surface area contributed by atoms with Crippen LogP contribution in [0, 0.1) is 0 Å². The summed E-state index contributed by atoms with van der Waals surface area (Å²) in [5, 5.41) is 4.81. The zero-order valence-electron chi connectivity index (χ0n) is 33.0. The van der Waals surface area contributed by atoms with Crippen molar-refractivity contribution in [2.24, 2.45) is 0 Å². The molecule has 0 aliphatic carbocycles. The molecule has 0 bridgehead atoms. The summed E-state index contributed by atoms with van der Waals surface area (Å²) in [4.78, 5) is 2.48. The quantitative estimate of drug-likeness (QED) is 0.150. The summed E-state index contributed by atoms with van der Waals surface area (Å²) < 4.78 is 2.49. The van der Waals surface area contributed by atoms with Crippen molar-refractivity contribution in [2.75, 3.05) is 4.90 Å². The summed E-state index contributed by atoms with van der Waals surface area (Å²) in [6.45, 7) is 0. The van der Waals surface area contributed by atoms with E-state index in [1.54, 1.807) is 0 Å². The Labute approximate surface area is 350 Å². The first-order valence-corrected chi connectivity index (χ1v) is 20.6. The number of fused-ring (bicyclic) bond motifs is 4. The zero-order chi connectivity index (χ0) is 39.8. The van der Waals surface area contributed by atoms with E-state index in [0.717, 1.165) is 45.0 Å². The van der Waals surface area contributed by atoms with Gasteiger partial charge in [-0.2, -0.15) is 0 Å². The normalized spacial score (nSPS) is 11.3. The standard InChI is InChI=1S/C58H40N2/c1-5-18-41(19-6-1)46-32-35-50(43-22-9-3-10-23-43)56(38-46)59(54-31-17-27-45-26-13-14-28-49(45)54)48-34-37-53-52-29-15-16-30-55(52)60(58(53)40-48)57-39-47(42-20-7-2-8-21-42)33-36-51(57)44-24-11-4-12-25-44/h1-40H. The summed E-state index contributed by atoms with van der Waals surface area (Å²) in [5.74, 6) is 0. The van der Waals surface area contributed by atoms with Crippen LogP contribution in [-0.4, -0.2) is 4.57 Å². The molecule has 0 saturated heterocycles. The van der Waals surface area contributed by atoms with Crippen molar-refractivity contribution in [3.05, 3.63) is 243 Å². The van der Waals surface area contributed by atoms with Crippen LogP contribution in [0.3, 0.4) is 0 Å². The van der Waals surface area contributed by atoms with Crippen LogP contribution in [0.25, 0.3) is 82.8 Å². The summed E-state index contributed by atoms with van der Waals surface area (Å²) in [7, 11) is 0. The largest absolute Gasteiger partial charge is 0.309 e. The van der Waals surface area contributed by atoms with E-state index < -0.39 is 0 Å². The molecule has 0 N–H and O–H groups in total. The van der Waals surface area contributed by atoms with E-state index in [0.29, 0.717) is 0 Å². The molecule has 10 aromatic carbocycles. The van der Waals surface area contributed by atoms with Crippen LogP contribution in [0.5, 0.6) is 0 Å². The first-order chi connectivity index (χ1) is 29.8. The maximum absolute atomic E-state index is 2.49. The van der Waals surface area contributed by atoms with Crippen LogP contribution < -0.4 is 4.90 Å². The van der Waals surface area contributed by atoms with Gasteiger partial charge in [-0.1, -0.05) is 206 Å². The van der Waals surface area contributed by atoms with Crippen molar-refractivity contribution >= 4 is 49.6 Å². The Kier molecular flexibility index (Phi) is 8.87. The molecular weight excluding hydrogens is 725 g/mol. The number of hydrogen-bond donors (Lipinski definition) is 0. The molecule has 1 heterocycles. The Balaban J connectivity index is 1.23. The molecule has 0 aliphatic rings. The van der Waals surface area contributed by atoms with Crippen molar-refractivity contribution in [3.63, 3.8) is 0 Å². The minimum absolute atomic E-state index is 1.07. The predicted octanol–water partition coefficient (Wildman–Crippen LogP) is 16.1. The number of hydrogen-bond acceptors (Lipinski definition) is 1. The van der Waals surface area contributed by atoms with Gasteiger partial charge in [-0.25, -0.2) is 0 Å². The summed E-state index contributed by atoms with van der Waals surface area (Å²) in [5.41, 5.74) is 16.1. The molecule has 282 valence electrons. The second-order valence-corrected chi connectivity index (χ2v) is 15.3. The zero-order valence-corrected chi connectivity index (χ0v) is 33.0. The molecule has 0 fully saturated rings.